The molecule has 1 aliphatic carbocycles. The number of amides is 2. The monoisotopic (exact) mass is 841 g/mol. The number of nitrogens with one attached hydrogen (secondary N) is 2. The number of allylic oxidation sites excluding steroid dienone is 1. The number of aromatic nitrogens is 5. The summed E-state index contributed by atoms with van der Waals surface area (Å²) < 4.78 is 90.4. The molecule has 1 aliphatic rings. The first-order valence-corrected chi connectivity index (χ1v) is 18.4. The van der Waals surface area contributed by atoms with Gasteiger partial charge in [0.2, 0.25) is 5.91 Å². The Balaban J connectivity index is 1.53. The molecule has 18 heteroatoms. The number of anilines is 1. The lowest BCUT2D eigenvalue weighted by molar-refractivity contribution is -0.130. The number of nitrogens with zero attached hydrogens (tertiary/aromatic N) is 5. The number of carbonyl (C=O) groups excluding carboxylic acids is 2. The maximum atomic E-state index is 15.6. The summed E-state index contributed by atoms with van der Waals surface area (Å²) >= 11 is 6.66. The number of aryl methyl sites for hydroxylation is 1. The Labute approximate surface area is 339 Å². The van der Waals surface area contributed by atoms with E-state index in [1.807, 2.05) is 0 Å². The highest BCUT2D eigenvalue weighted by molar-refractivity contribution is 6.37. The predicted octanol–water partition coefficient (Wildman–Crippen LogP) is 7.08. The smallest absolute Gasteiger partial charge is 0.296 e. The third-order valence-electron chi connectivity index (χ3n) is 9.54. The zero-order valence-corrected chi connectivity index (χ0v) is 33.0. The van der Waals surface area contributed by atoms with E-state index in [1.165, 1.54) is 44.5 Å². The van der Waals surface area contributed by atoms with Crippen LogP contribution in [-0.2, 0) is 41.9 Å². The number of alkyl halides is 4. The van der Waals surface area contributed by atoms with Crippen molar-refractivity contribution in [3.8, 4) is 23.0 Å². The molecule has 4 N–H and O–H groups in total. The van der Waals surface area contributed by atoms with Gasteiger partial charge in [-0.15, -0.1) is 6.58 Å². The molecule has 0 aliphatic heterocycles. The molecule has 0 saturated carbocycles. The van der Waals surface area contributed by atoms with Crippen LogP contribution in [0.5, 0.6) is 0 Å². The molecule has 59 heavy (non-hydrogen) atoms. The molecule has 5 aromatic rings. The fraction of sp³-hybridized carbons (Fsp3) is 0.341. The summed E-state index contributed by atoms with van der Waals surface area (Å²) in [5, 5.41) is 34.4. The van der Waals surface area contributed by atoms with Crippen molar-refractivity contribution in [3.05, 3.63) is 106 Å². The number of fused-ring (bicyclic) bond motifs is 2. The van der Waals surface area contributed by atoms with Crippen LogP contribution in [0.15, 0.2) is 55.1 Å². The van der Waals surface area contributed by atoms with Crippen molar-refractivity contribution in [3.63, 3.8) is 0 Å². The normalized spacial score (nSPS) is 15.5. The zero-order valence-electron chi connectivity index (χ0n) is 32.3. The standard InChI is InChI=1S/C41H38ClF6N7O4/c1-7-21-17-27-33(36(45)46)52-55(35(27)41(21,47)48)19-30(56)50-29(16-20-14-22(43)18-23(44)15-20)32-25(9-8-24(49-32)12-13-39(2,3)58)26-10-11-28(42)31-34(26)54(6)53-37(31)51-38(57)40(4,5)59/h7-11,14-15,18,21,29,36,58-59H,1,16-17,19H2,2-6H3,(H,50,56)(H,51,53,57)/t21-,29+/m1/s1. The van der Waals surface area contributed by atoms with Gasteiger partial charge in [0.05, 0.1) is 33.6 Å². The largest absolute Gasteiger partial charge is 0.381 e. The number of aliphatic hydroxyl groups is 2. The number of hydrogen-bond acceptors (Lipinski definition) is 7. The summed E-state index contributed by atoms with van der Waals surface area (Å²) in [6.07, 6.45) is -3.10. The van der Waals surface area contributed by atoms with Crippen molar-refractivity contribution >= 4 is 40.1 Å². The summed E-state index contributed by atoms with van der Waals surface area (Å²) in [6, 6.07) is 7.50. The first-order valence-electron chi connectivity index (χ1n) is 18.1. The van der Waals surface area contributed by atoms with Crippen molar-refractivity contribution < 1.29 is 46.1 Å². The molecular formula is C41H38ClF6N7O4. The number of pyridine rings is 1. The van der Waals surface area contributed by atoms with Gasteiger partial charge >= 0.3 is 0 Å². The number of hydrogen-bond donors (Lipinski definition) is 4. The Hall–Kier alpha value is -5.70. The Morgan fingerprint density at radius 2 is 1.71 bits per heavy atom. The second kappa shape index (κ2) is 15.8. The van der Waals surface area contributed by atoms with Crippen LogP contribution in [0.2, 0.25) is 5.02 Å². The third-order valence-corrected chi connectivity index (χ3v) is 9.85. The highest BCUT2D eigenvalue weighted by Crippen LogP contribution is 2.49. The molecule has 2 atom stereocenters. The Morgan fingerprint density at radius 3 is 2.32 bits per heavy atom. The molecule has 0 saturated heterocycles. The molecular weight excluding hydrogens is 804 g/mol. The Bertz CT molecular complexity index is 2540. The van der Waals surface area contributed by atoms with Gasteiger partial charge in [0.15, 0.2) is 5.82 Å². The molecule has 310 valence electrons. The molecule has 0 radical (unpaired) electrons. The van der Waals surface area contributed by atoms with Gasteiger partial charge in [-0.25, -0.2) is 22.5 Å². The van der Waals surface area contributed by atoms with Gasteiger partial charge in [-0.1, -0.05) is 29.7 Å². The van der Waals surface area contributed by atoms with E-state index in [4.69, 9.17) is 16.6 Å². The van der Waals surface area contributed by atoms with Crippen LogP contribution < -0.4 is 10.6 Å². The lowest BCUT2D eigenvalue weighted by Crippen LogP contribution is -2.36. The first-order chi connectivity index (χ1) is 27.5. The third kappa shape index (κ3) is 8.85. The number of halogens is 7. The van der Waals surface area contributed by atoms with Gasteiger partial charge in [-0.2, -0.15) is 19.0 Å². The van der Waals surface area contributed by atoms with Gasteiger partial charge in [-0.05, 0) is 82.4 Å². The molecule has 6 rings (SSSR count). The van der Waals surface area contributed by atoms with E-state index >= 15 is 8.78 Å². The number of benzene rings is 2. The van der Waals surface area contributed by atoms with E-state index in [-0.39, 0.29) is 45.2 Å². The van der Waals surface area contributed by atoms with Crippen LogP contribution in [0, 0.1) is 29.4 Å². The molecule has 0 unspecified atom stereocenters. The van der Waals surface area contributed by atoms with Gasteiger partial charge in [0, 0.05) is 29.8 Å². The van der Waals surface area contributed by atoms with Crippen molar-refractivity contribution in [2.24, 2.45) is 13.0 Å². The molecule has 2 aromatic carbocycles. The van der Waals surface area contributed by atoms with E-state index in [2.05, 4.69) is 39.3 Å². The molecule has 11 nitrogen and oxygen atoms in total. The summed E-state index contributed by atoms with van der Waals surface area (Å²) in [4.78, 5) is 31.5. The first kappa shape index (κ1) is 42.9. The molecule has 3 aromatic heterocycles. The van der Waals surface area contributed by atoms with Gasteiger partial charge < -0.3 is 20.8 Å². The van der Waals surface area contributed by atoms with E-state index in [1.54, 1.807) is 19.2 Å². The van der Waals surface area contributed by atoms with Crippen LogP contribution in [0.3, 0.4) is 0 Å². The van der Waals surface area contributed by atoms with Crippen LogP contribution in [0.4, 0.5) is 32.2 Å². The highest BCUT2D eigenvalue weighted by atomic mass is 35.5. The fourth-order valence-electron chi connectivity index (χ4n) is 6.89. The maximum absolute atomic E-state index is 15.6. The quantitative estimate of drug-likeness (QED) is 0.0632. The van der Waals surface area contributed by atoms with E-state index in [0.717, 1.165) is 18.2 Å². The summed E-state index contributed by atoms with van der Waals surface area (Å²) in [6.45, 7) is 7.87. The molecule has 0 spiro atoms. The van der Waals surface area contributed by atoms with Crippen molar-refractivity contribution in [1.29, 1.82) is 0 Å². The Kier molecular flexibility index (Phi) is 11.5. The SMILES string of the molecule is C=C[C@@H]1Cc2c(C(F)F)nn(CC(=O)N[C@@H](Cc3cc(F)cc(F)c3)c3nc(C#CC(C)(C)O)ccc3-c3ccc(Cl)c4c(NC(=O)C(C)(C)O)nn(C)c34)c2C1(F)F. The minimum atomic E-state index is -3.69. The number of rotatable bonds is 11. The van der Waals surface area contributed by atoms with Gasteiger partial charge in [0.1, 0.15) is 46.5 Å². The molecule has 3 heterocycles. The average molecular weight is 842 g/mol. The van der Waals surface area contributed by atoms with E-state index in [9.17, 15) is 37.4 Å². The molecule has 2 amide bonds. The van der Waals surface area contributed by atoms with E-state index < -0.39 is 88.9 Å². The van der Waals surface area contributed by atoms with Crippen molar-refractivity contribution in [2.45, 2.75) is 76.7 Å². The van der Waals surface area contributed by atoms with Gasteiger partial charge in [-0.3, -0.25) is 19.0 Å². The molecule has 0 fully saturated rings. The van der Waals surface area contributed by atoms with Crippen LogP contribution in [0.25, 0.3) is 22.0 Å². The van der Waals surface area contributed by atoms with Crippen LogP contribution in [0.1, 0.15) is 74.1 Å². The summed E-state index contributed by atoms with van der Waals surface area (Å²) in [5.74, 6) is -3.49. The highest BCUT2D eigenvalue weighted by Gasteiger charge is 2.52. The van der Waals surface area contributed by atoms with E-state index in [0.29, 0.717) is 21.8 Å². The Morgan fingerprint density at radius 1 is 1.05 bits per heavy atom. The topological polar surface area (TPSA) is 147 Å². The molecule has 0 bridgehead atoms. The second-order valence-corrected chi connectivity index (χ2v) is 15.6. The minimum absolute atomic E-state index is 0.00541. The lowest BCUT2D eigenvalue weighted by atomic mass is 9.93. The lowest BCUT2D eigenvalue weighted by Gasteiger charge is -2.23. The maximum Gasteiger partial charge on any atom is 0.296 e. The van der Waals surface area contributed by atoms with Crippen LogP contribution in [-0.4, -0.2) is 57.8 Å². The summed E-state index contributed by atoms with van der Waals surface area (Å²) in [5.41, 5.74) is -4.32. The average Bonchev–Trinajstić information content (AvgIpc) is 3.74. The van der Waals surface area contributed by atoms with Crippen molar-refractivity contribution in [1.82, 2.24) is 29.9 Å². The fourth-order valence-corrected chi connectivity index (χ4v) is 7.13. The summed E-state index contributed by atoms with van der Waals surface area (Å²) in [7, 11) is 1.55. The minimum Gasteiger partial charge on any atom is -0.381 e. The van der Waals surface area contributed by atoms with Gasteiger partial charge in [0.25, 0.3) is 18.3 Å². The zero-order chi connectivity index (χ0) is 43.4. The van der Waals surface area contributed by atoms with Crippen molar-refractivity contribution in [2.75, 3.05) is 5.32 Å². The number of carbonyl (C=O) groups is 2. The predicted molar refractivity (Wildman–Crippen MR) is 206 cm³/mol. The second-order valence-electron chi connectivity index (χ2n) is 15.2. The van der Waals surface area contributed by atoms with Crippen LogP contribution >= 0.6 is 11.6 Å².